The van der Waals surface area contributed by atoms with Crippen LogP contribution in [-0.2, 0) is 10.0 Å². The average molecular weight is 340 g/mol. The molecule has 1 N–H and O–H groups in total. The molecule has 1 aromatic carbocycles. The van der Waals surface area contributed by atoms with Gasteiger partial charge in [-0.3, -0.25) is 0 Å². The van der Waals surface area contributed by atoms with Crippen LogP contribution < -0.4 is 4.72 Å². The second-order valence-electron chi connectivity index (χ2n) is 4.47. The predicted octanol–water partition coefficient (Wildman–Crippen LogP) is 2.83. The highest BCUT2D eigenvalue weighted by atomic mass is 79.9. The number of halogens is 3. The van der Waals surface area contributed by atoms with Crippen LogP contribution in [-0.4, -0.2) is 20.4 Å². The monoisotopic (exact) mass is 339 g/mol. The van der Waals surface area contributed by atoms with Crippen LogP contribution in [0.2, 0.25) is 0 Å². The predicted molar refractivity (Wildman–Crippen MR) is 67.2 cm³/mol. The van der Waals surface area contributed by atoms with Crippen molar-refractivity contribution < 1.29 is 17.2 Å². The maximum absolute atomic E-state index is 12.7. The van der Waals surface area contributed by atoms with Crippen molar-refractivity contribution in [3.8, 4) is 0 Å². The van der Waals surface area contributed by atoms with Gasteiger partial charge in [-0.1, -0.05) is 12.1 Å². The summed E-state index contributed by atoms with van der Waals surface area (Å²) in [5.41, 5.74) is 0.775. The summed E-state index contributed by atoms with van der Waals surface area (Å²) in [6.45, 7) is 1.76. The number of alkyl halides is 2. The molecule has 0 spiro atoms. The molecular formula is C11H12BrF2NO2S. The third-order valence-corrected chi connectivity index (χ3v) is 5.74. The molecule has 0 aliphatic heterocycles. The normalized spacial score (nSPS) is 19.6. The van der Waals surface area contributed by atoms with Crippen LogP contribution in [0.4, 0.5) is 8.78 Å². The van der Waals surface area contributed by atoms with E-state index in [4.69, 9.17) is 0 Å². The molecule has 0 atom stereocenters. The van der Waals surface area contributed by atoms with Crippen molar-refractivity contribution in [3.05, 3.63) is 28.2 Å². The van der Waals surface area contributed by atoms with Crippen LogP contribution in [0, 0.1) is 6.92 Å². The van der Waals surface area contributed by atoms with Gasteiger partial charge in [0.2, 0.25) is 10.0 Å². The molecule has 1 aliphatic carbocycles. The van der Waals surface area contributed by atoms with E-state index in [1.54, 1.807) is 19.1 Å². The molecule has 3 nitrogen and oxygen atoms in total. The van der Waals surface area contributed by atoms with Crippen LogP contribution in [0.25, 0.3) is 0 Å². The highest BCUT2D eigenvalue weighted by molar-refractivity contribution is 9.10. The van der Waals surface area contributed by atoms with E-state index in [-0.39, 0.29) is 4.90 Å². The lowest BCUT2D eigenvalue weighted by Gasteiger charge is -2.35. The van der Waals surface area contributed by atoms with Crippen molar-refractivity contribution in [3.63, 3.8) is 0 Å². The first-order chi connectivity index (χ1) is 8.21. The number of aryl methyl sites for hydroxylation is 1. The molecule has 0 aromatic heterocycles. The van der Waals surface area contributed by atoms with Crippen molar-refractivity contribution in [2.75, 3.05) is 0 Å². The van der Waals surface area contributed by atoms with Crippen molar-refractivity contribution in [2.24, 2.45) is 0 Å². The van der Waals surface area contributed by atoms with E-state index in [1.165, 1.54) is 6.07 Å². The minimum absolute atomic E-state index is 0.0812. The maximum atomic E-state index is 12.7. The summed E-state index contributed by atoms with van der Waals surface area (Å²) in [5, 5.41) is 0. The van der Waals surface area contributed by atoms with Crippen molar-refractivity contribution in [1.82, 2.24) is 4.72 Å². The smallest absolute Gasteiger partial charge is 0.208 e. The minimum Gasteiger partial charge on any atom is -0.208 e. The Morgan fingerprint density at radius 1 is 1.39 bits per heavy atom. The molecule has 1 saturated carbocycles. The first-order valence-electron chi connectivity index (χ1n) is 5.36. The van der Waals surface area contributed by atoms with Crippen molar-refractivity contribution in [1.29, 1.82) is 0 Å². The van der Waals surface area contributed by atoms with Gasteiger partial charge in [-0.15, -0.1) is 0 Å². The standard InChI is InChI=1S/C11H12BrF2NO2S/c1-7-3-2-4-9(10(7)12)18(16,17)15-8-5-11(13,14)6-8/h2-4,8,15H,5-6H2,1H3. The molecule has 18 heavy (non-hydrogen) atoms. The third-order valence-electron chi connectivity index (χ3n) is 2.86. The molecule has 1 aromatic rings. The van der Waals surface area contributed by atoms with Gasteiger partial charge in [0, 0.05) is 23.4 Å². The van der Waals surface area contributed by atoms with Crippen LogP contribution in [0.5, 0.6) is 0 Å². The van der Waals surface area contributed by atoms with Crippen LogP contribution in [0.3, 0.4) is 0 Å². The lowest BCUT2D eigenvalue weighted by atomic mass is 9.89. The number of hydrogen-bond acceptors (Lipinski definition) is 2. The Labute approximate surface area is 113 Å². The Balaban J connectivity index is 2.19. The van der Waals surface area contributed by atoms with Gasteiger partial charge in [0.05, 0.1) is 4.90 Å². The summed E-state index contributed by atoms with van der Waals surface area (Å²) in [6.07, 6.45) is -0.870. The highest BCUT2D eigenvalue weighted by Gasteiger charge is 2.47. The van der Waals surface area contributed by atoms with Gasteiger partial charge in [0.25, 0.3) is 5.92 Å². The highest BCUT2D eigenvalue weighted by Crippen LogP contribution is 2.38. The summed E-state index contributed by atoms with van der Waals surface area (Å²) in [5.74, 6) is -2.74. The summed E-state index contributed by atoms with van der Waals surface area (Å²) in [7, 11) is -3.75. The first kappa shape index (κ1) is 13.9. The molecule has 100 valence electrons. The van der Waals surface area contributed by atoms with E-state index in [9.17, 15) is 17.2 Å². The van der Waals surface area contributed by atoms with Crippen LogP contribution in [0.15, 0.2) is 27.6 Å². The van der Waals surface area contributed by atoms with E-state index in [2.05, 4.69) is 20.7 Å². The number of rotatable bonds is 3. The van der Waals surface area contributed by atoms with Gasteiger partial charge in [-0.05, 0) is 34.5 Å². The van der Waals surface area contributed by atoms with Crippen molar-refractivity contribution in [2.45, 2.75) is 36.6 Å². The molecule has 0 saturated heterocycles. The van der Waals surface area contributed by atoms with Crippen molar-refractivity contribution >= 4 is 26.0 Å². The molecule has 0 amide bonds. The second kappa shape index (κ2) is 4.54. The summed E-state index contributed by atoms with van der Waals surface area (Å²) in [6, 6.07) is 4.14. The first-order valence-corrected chi connectivity index (χ1v) is 7.64. The third kappa shape index (κ3) is 2.73. The molecular weight excluding hydrogens is 328 g/mol. The Kier molecular flexibility index (Phi) is 3.50. The molecule has 0 bridgehead atoms. The quantitative estimate of drug-likeness (QED) is 0.920. The van der Waals surface area contributed by atoms with Gasteiger partial charge in [0.1, 0.15) is 0 Å². The summed E-state index contributed by atoms with van der Waals surface area (Å²) < 4.78 is 52.2. The van der Waals surface area contributed by atoms with Crippen LogP contribution in [0.1, 0.15) is 18.4 Å². The number of sulfonamides is 1. The zero-order valence-electron chi connectivity index (χ0n) is 9.58. The van der Waals surface area contributed by atoms with E-state index in [1.807, 2.05) is 0 Å². The molecule has 7 heteroatoms. The SMILES string of the molecule is Cc1cccc(S(=O)(=O)NC2CC(F)(F)C2)c1Br. The Morgan fingerprint density at radius 3 is 2.56 bits per heavy atom. The Morgan fingerprint density at radius 2 is 2.00 bits per heavy atom. The maximum Gasteiger partial charge on any atom is 0.251 e. The molecule has 0 unspecified atom stereocenters. The van der Waals surface area contributed by atoms with E-state index in [0.717, 1.165) is 5.56 Å². The molecule has 0 radical (unpaired) electrons. The van der Waals surface area contributed by atoms with Gasteiger partial charge in [-0.25, -0.2) is 21.9 Å². The van der Waals surface area contributed by atoms with Gasteiger partial charge >= 0.3 is 0 Å². The van der Waals surface area contributed by atoms with Crippen LogP contribution >= 0.6 is 15.9 Å². The second-order valence-corrected chi connectivity index (χ2v) is 6.94. The van der Waals surface area contributed by atoms with Gasteiger partial charge < -0.3 is 0 Å². The molecule has 2 rings (SSSR count). The zero-order chi connectivity index (χ0) is 13.6. The average Bonchev–Trinajstić information content (AvgIpc) is 2.18. The number of benzene rings is 1. The minimum atomic E-state index is -3.75. The van der Waals surface area contributed by atoms with E-state index >= 15 is 0 Å². The lowest BCUT2D eigenvalue weighted by molar-refractivity contribution is -0.0876. The van der Waals surface area contributed by atoms with E-state index < -0.39 is 34.8 Å². The number of hydrogen-bond donors (Lipinski definition) is 1. The Hall–Kier alpha value is -0.530. The topological polar surface area (TPSA) is 46.2 Å². The molecule has 1 aliphatic rings. The van der Waals surface area contributed by atoms with Gasteiger partial charge in [0.15, 0.2) is 0 Å². The summed E-state index contributed by atoms with van der Waals surface area (Å²) >= 11 is 3.20. The summed E-state index contributed by atoms with van der Waals surface area (Å²) in [4.78, 5) is 0.0812. The number of nitrogens with one attached hydrogen (secondary N) is 1. The molecule has 1 fully saturated rings. The lowest BCUT2D eigenvalue weighted by Crippen LogP contribution is -2.50. The fourth-order valence-corrected chi connectivity index (χ4v) is 4.15. The van der Waals surface area contributed by atoms with Gasteiger partial charge in [-0.2, -0.15) is 0 Å². The fourth-order valence-electron chi connectivity index (χ4n) is 1.86. The fraction of sp³-hybridized carbons (Fsp3) is 0.455. The zero-order valence-corrected chi connectivity index (χ0v) is 12.0. The Bertz CT molecular complexity index is 566. The largest absolute Gasteiger partial charge is 0.251 e. The van der Waals surface area contributed by atoms with E-state index in [0.29, 0.717) is 4.47 Å². The molecule has 0 heterocycles.